The molecule has 0 bridgehead atoms. The third-order valence-electron chi connectivity index (χ3n) is 1.48. The van der Waals surface area contributed by atoms with Gasteiger partial charge in [-0.05, 0) is 0 Å². The third kappa shape index (κ3) is 14.9. The standard InChI is InChI=1S/C8H13N2O.F6P/c1-3-9-4-5-10(8-9)6-7-11-2;1-7(2,3,4,5)6/h3-5,8H,1,6-7H2,2H3;/q+1;-1. The van der Waals surface area contributed by atoms with Gasteiger partial charge in [-0.3, -0.25) is 0 Å². The van der Waals surface area contributed by atoms with E-state index in [9.17, 15) is 25.2 Å². The van der Waals surface area contributed by atoms with Gasteiger partial charge in [0.15, 0.2) is 0 Å². The van der Waals surface area contributed by atoms with Gasteiger partial charge in [0.1, 0.15) is 18.9 Å². The maximum absolute atomic E-state index is 10.7. The van der Waals surface area contributed by atoms with Crippen molar-refractivity contribution in [3.8, 4) is 0 Å². The SMILES string of the molecule is C=Cn1cc[n+](CCOC)c1.F[P-](F)(F)(F)(F)F. The van der Waals surface area contributed by atoms with Gasteiger partial charge >= 0.3 is 33.0 Å². The molecule has 1 rings (SSSR count). The predicted molar refractivity (Wildman–Crippen MR) is 56.5 cm³/mol. The van der Waals surface area contributed by atoms with Crippen molar-refractivity contribution in [2.75, 3.05) is 13.7 Å². The summed E-state index contributed by atoms with van der Waals surface area (Å²) in [5, 5.41) is 0. The minimum absolute atomic E-state index is 0.742. The topological polar surface area (TPSA) is 18.0 Å². The van der Waals surface area contributed by atoms with E-state index in [1.165, 1.54) is 0 Å². The molecule has 0 aromatic carbocycles. The van der Waals surface area contributed by atoms with Crippen LogP contribution in [0.25, 0.3) is 6.20 Å². The van der Waals surface area contributed by atoms with Crippen LogP contribution in [-0.4, -0.2) is 18.3 Å². The molecule has 3 nitrogen and oxygen atoms in total. The molecular formula is C8H13F6N2OP. The Morgan fingerprint density at radius 3 is 2.11 bits per heavy atom. The van der Waals surface area contributed by atoms with Crippen LogP contribution in [0.3, 0.4) is 0 Å². The van der Waals surface area contributed by atoms with Crippen molar-refractivity contribution in [2.45, 2.75) is 6.54 Å². The van der Waals surface area contributed by atoms with Crippen molar-refractivity contribution in [1.82, 2.24) is 4.57 Å². The van der Waals surface area contributed by atoms with Gasteiger partial charge in [0.05, 0.1) is 12.8 Å². The van der Waals surface area contributed by atoms with E-state index in [1.807, 2.05) is 27.9 Å². The summed E-state index contributed by atoms with van der Waals surface area (Å²) >= 11 is 0. The van der Waals surface area contributed by atoms with E-state index in [0.29, 0.717) is 0 Å². The Labute approximate surface area is 99.5 Å². The van der Waals surface area contributed by atoms with Gasteiger partial charge in [-0.15, -0.1) is 0 Å². The molecule has 0 fully saturated rings. The van der Waals surface area contributed by atoms with Gasteiger partial charge in [-0.2, -0.15) is 0 Å². The van der Waals surface area contributed by atoms with Crippen LogP contribution in [0.5, 0.6) is 0 Å². The predicted octanol–water partition coefficient (Wildman–Crippen LogP) is 3.90. The molecule has 0 N–H and O–H groups in total. The second-order valence-corrected chi connectivity index (χ2v) is 5.15. The van der Waals surface area contributed by atoms with E-state index in [0.717, 1.165) is 13.2 Å². The zero-order chi connectivity index (χ0) is 14.5. The molecule has 0 aliphatic rings. The number of methoxy groups -OCH3 is 1. The molecule has 0 atom stereocenters. The van der Waals surface area contributed by atoms with E-state index in [1.54, 1.807) is 13.3 Å². The first kappa shape index (κ1) is 16.9. The molecule has 1 heterocycles. The van der Waals surface area contributed by atoms with Gasteiger partial charge in [0, 0.05) is 7.11 Å². The average molecular weight is 298 g/mol. The van der Waals surface area contributed by atoms with Crippen molar-refractivity contribution >= 4 is 14.0 Å². The van der Waals surface area contributed by atoms with Crippen LogP contribution in [-0.2, 0) is 11.3 Å². The molecule has 108 valence electrons. The van der Waals surface area contributed by atoms with Crippen molar-refractivity contribution in [3.63, 3.8) is 0 Å². The Balaban J connectivity index is 0.000000360. The fraction of sp³-hybridized carbons (Fsp3) is 0.375. The summed E-state index contributed by atoms with van der Waals surface area (Å²) in [5.41, 5.74) is 0. The molecule has 0 aliphatic heterocycles. The molecule has 10 heteroatoms. The Bertz CT molecular complexity index is 386. The second kappa shape index (κ2) is 4.89. The summed E-state index contributed by atoms with van der Waals surface area (Å²) in [6, 6.07) is 0. The van der Waals surface area contributed by atoms with Gasteiger partial charge in [0.2, 0.25) is 6.33 Å². The van der Waals surface area contributed by atoms with Gasteiger partial charge in [-0.25, -0.2) is 9.13 Å². The summed E-state index contributed by atoms with van der Waals surface area (Å²) in [6.45, 7) is 5.27. The minimum atomic E-state index is -10.7. The van der Waals surface area contributed by atoms with E-state index >= 15 is 0 Å². The zero-order valence-corrected chi connectivity index (χ0v) is 10.3. The number of hydrogen-bond acceptors (Lipinski definition) is 1. The van der Waals surface area contributed by atoms with E-state index in [2.05, 4.69) is 6.58 Å². The maximum atomic E-state index is 9.87. The normalized spacial score (nSPS) is 15.1. The van der Waals surface area contributed by atoms with Crippen LogP contribution in [0, 0.1) is 0 Å². The summed E-state index contributed by atoms with van der Waals surface area (Å²) in [7, 11) is -8.96. The van der Waals surface area contributed by atoms with E-state index < -0.39 is 7.81 Å². The Morgan fingerprint density at radius 2 is 1.78 bits per heavy atom. The number of rotatable bonds is 4. The monoisotopic (exact) mass is 298 g/mol. The first-order valence-electron chi connectivity index (χ1n) is 4.56. The summed E-state index contributed by atoms with van der Waals surface area (Å²) in [4.78, 5) is 0. The molecule has 0 radical (unpaired) electrons. The number of nitrogens with zero attached hydrogens (tertiary/aromatic N) is 2. The first-order valence-corrected chi connectivity index (χ1v) is 6.59. The third-order valence-corrected chi connectivity index (χ3v) is 1.48. The molecule has 0 saturated heterocycles. The molecule has 18 heavy (non-hydrogen) atoms. The molecular weight excluding hydrogens is 285 g/mol. The Kier molecular flexibility index (Phi) is 4.60. The number of hydrogen-bond donors (Lipinski definition) is 0. The Morgan fingerprint density at radius 1 is 1.28 bits per heavy atom. The molecule has 0 amide bonds. The van der Waals surface area contributed by atoms with Crippen LogP contribution < -0.4 is 4.57 Å². The van der Waals surface area contributed by atoms with Crippen LogP contribution >= 0.6 is 7.81 Å². The van der Waals surface area contributed by atoms with Crippen LogP contribution in [0.4, 0.5) is 25.2 Å². The summed E-state index contributed by atoms with van der Waals surface area (Å²) in [6.07, 6.45) is 7.65. The molecule has 0 aliphatic carbocycles. The van der Waals surface area contributed by atoms with Crippen molar-refractivity contribution in [2.24, 2.45) is 0 Å². The van der Waals surface area contributed by atoms with Crippen LogP contribution in [0.1, 0.15) is 0 Å². The van der Waals surface area contributed by atoms with Gasteiger partial charge in [-0.1, -0.05) is 6.58 Å². The second-order valence-electron chi connectivity index (χ2n) is 3.23. The fourth-order valence-electron chi connectivity index (χ4n) is 0.848. The fourth-order valence-corrected chi connectivity index (χ4v) is 0.848. The number of imidazole rings is 1. The quantitative estimate of drug-likeness (QED) is 0.468. The number of aromatic nitrogens is 2. The molecule has 1 aromatic rings. The molecule has 0 saturated carbocycles. The summed E-state index contributed by atoms with van der Waals surface area (Å²) in [5.74, 6) is 0. The molecule has 1 aromatic heterocycles. The van der Waals surface area contributed by atoms with E-state index in [4.69, 9.17) is 4.74 Å². The first-order chi connectivity index (χ1) is 7.81. The molecule has 0 spiro atoms. The molecule has 0 unspecified atom stereocenters. The number of halogens is 6. The zero-order valence-electron chi connectivity index (χ0n) is 9.45. The van der Waals surface area contributed by atoms with Crippen molar-refractivity contribution in [3.05, 3.63) is 25.3 Å². The number of ether oxygens (including phenoxy) is 1. The average Bonchev–Trinajstić information content (AvgIpc) is 2.57. The van der Waals surface area contributed by atoms with Crippen LogP contribution in [0.15, 0.2) is 25.3 Å². The van der Waals surface area contributed by atoms with E-state index in [-0.39, 0.29) is 0 Å². The van der Waals surface area contributed by atoms with Crippen LogP contribution in [0.2, 0.25) is 0 Å². The van der Waals surface area contributed by atoms with Gasteiger partial charge < -0.3 is 4.74 Å². The van der Waals surface area contributed by atoms with Gasteiger partial charge in [0.25, 0.3) is 0 Å². The Hall–Kier alpha value is -1.08. The van der Waals surface area contributed by atoms with Crippen molar-refractivity contribution in [1.29, 1.82) is 0 Å². The van der Waals surface area contributed by atoms with Crippen molar-refractivity contribution < 1.29 is 34.5 Å². The summed E-state index contributed by atoms with van der Waals surface area (Å²) < 4.78 is 68.1.